The van der Waals surface area contributed by atoms with Gasteiger partial charge in [0.2, 0.25) is 0 Å². The molecule has 2 rings (SSSR count). The van der Waals surface area contributed by atoms with Gasteiger partial charge < -0.3 is 0 Å². The summed E-state index contributed by atoms with van der Waals surface area (Å²) in [6.07, 6.45) is 6.30. The molecule has 1 nitrogen and oxygen atoms in total. The molecular formula is C15H21N. The number of aliphatic imine (C=N–C) groups is 1. The van der Waals surface area contributed by atoms with Crippen molar-refractivity contribution in [2.45, 2.75) is 33.6 Å². The highest BCUT2D eigenvalue weighted by molar-refractivity contribution is 5.64. The molecule has 1 aliphatic rings. The molecule has 0 fully saturated rings. The Hall–Kier alpha value is -1.37. The Labute approximate surface area is 98.9 Å². The zero-order valence-electron chi connectivity index (χ0n) is 10.5. The molecule has 1 aromatic rings. The van der Waals surface area contributed by atoms with E-state index in [2.05, 4.69) is 56.1 Å². The largest absolute Gasteiger partial charge is 0.265 e. The summed E-state index contributed by atoms with van der Waals surface area (Å²) in [6, 6.07) is 10.5. The summed E-state index contributed by atoms with van der Waals surface area (Å²) in [6.45, 7) is 6.48. The lowest BCUT2D eigenvalue weighted by Gasteiger charge is -1.98. The van der Waals surface area contributed by atoms with Crippen molar-refractivity contribution in [2.24, 2.45) is 10.9 Å². The number of hydrogen-bond donors (Lipinski definition) is 0. The molecule has 1 aliphatic heterocycles. The van der Waals surface area contributed by atoms with Gasteiger partial charge in [-0.3, -0.25) is 4.99 Å². The van der Waals surface area contributed by atoms with E-state index in [9.17, 15) is 0 Å². The zero-order chi connectivity index (χ0) is 11.8. The molecule has 0 unspecified atom stereocenters. The lowest BCUT2D eigenvalue weighted by Crippen LogP contribution is -1.85. The summed E-state index contributed by atoms with van der Waals surface area (Å²) >= 11 is 0. The number of hydrogen-bond acceptors (Lipinski definition) is 1. The first-order valence-electron chi connectivity index (χ1n) is 6.00. The average molecular weight is 215 g/mol. The second kappa shape index (κ2) is 7.00. The average Bonchev–Trinajstić information content (AvgIpc) is 2.85. The number of benzene rings is 1. The van der Waals surface area contributed by atoms with Crippen molar-refractivity contribution in [3.8, 4) is 0 Å². The number of allylic oxidation sites excluding steroid dienone is 2. The van der Waals surface area contributed by atoms with Gasteiger partial charge in [-0.2, -0.15) is 0 Å². The highest BCUT2D eigenvalue weighted by atomic mass is 14.8. The molecule has 0 radical (unpaired) electrons. The van der Waals surface area contributed by atoms with E-state index in [0.29, 0.717) is 5.92 Å². The smallest absolute Gasteiger partial charge is 0.0389 e. The molecule has 86 valence electrons. The van der Waals surface area contributed by atoms with E-state index in [1.54, 1.807) is 0 Å². The molecule has 0 saturated carbocycles. The zero-order valence-corrected chi connectivity index (χ0v) is 10.5. The van der Waals surface area contributed by atoms with Gasteiger partial charge in [0.25, 0.3) is 0 Å². The Morgan fingerprint density at radius 3 is 2.19 bits per heavy atom. The number of aryl methyl sites for hydroxylation is 1. The predicted molar refractivity (Wildman–Crippen MR) is 71.9 cm³/mol. The standard InChI is InChI=1S/C8H10.C7H11N/c1-2-8-6-4-3-5-7-8;1-6(2)7-4-3-5-8-7/h3-7H,2H2,1H3;4-6H,3H2,1-2H3. The number of rotatable bonds is 2. The van der Waals surface area contributed by atoms with Crippen LogP contribution >= 0.6 is 0 Å². The van der Waals surface area contributed by atoms with E-state index in [1.807, 2.05) is 12.3 Å². The second-order valence-electron chi connectivity index (χ2n) is 4.17. The minimum Gasteiger partial charge on any atom is -0.265 e. The Bertz CT molecular complexity index is 347. The van der Waals surface area contributed by atoms with Crippen LogP contribution in [0.2, 0.25) is 0 Å². The maximum atomic E-state index is 4.17. The van der Waals surface area contributed by atoms with Crippen LogP contribution < -0.4 is 0 Å². The maximum Gasteiger partial charge on any atom is 0.0389 e. The molecule has 1 aromatic carbocycles. The van der Waals surface area contributed by atoms with E-state index < -0.39 is 0 Å². The quantitative estimate of drug-likeness (QED) is 0.699. The molecule has 0 saturated heterocycles. The summed E-state index contributed by atoms with van der Waals surface area (Å²) in [5.41, 5.74) is 2.65. The first-order valence-corrected chi connectivity index (χ1v) is 6.00. The van der Waals surface area contributed by atoms with Gasteiger partial charge >= 0.3 is 0 Å². The molecule has 0 aliphatic carbocycles. The Morgan fingerprint density at radius 2 is 1.88 bits per heavy atom. The predicted octanol–water partition coefficient (Wildman–Crippen LogP) is 4.25. The van der Waals surface area contributed by atoms with Crippen LogP contribution in [-0.2, 0) is 6.42 Å². The van der Waals surface area contributed by atoms with Gasteiger partial charge in [-0.05, 0) is 17.9 Å². The third-order valence-electron chi connectivity index (χ3n) is 2.52. The fourth-order valence-corrected chi connectivity index (χ4v) is 1.48. The van der Waals surface area contributed by atoms with Gasteiger partial charge in [0.15, 0.2) is 0 Å². The second-order valence-corrected chi connectivity index (χ2v) is 4.17. The van der Waals surface area contributed by atoms with E-state index in [0.717, 1.165) is 12.8 Å². The molecule has 0 amide bonds. The van der Waals surface area contributed by atoms with Crippen LogP contribution in [0.15, 0.2) is 47.1 Å². The van der Waals surface area contributed by atoms with Crippen molar-refractivity contribution in [3.63, 3.8) is 0 Å². The summed E-state index contributed by atoms with van der Waals surface area (Å²) in [7, 11) is 0. The topological polar surface area (TPSA) is 12.4 Å². The third kappa shape index (κ3) is 4.43. The highest BCUT2D eigenvalue weighted by Crippen LogP contribution is 2.14. The van der Waals surface area contributed by atoms with E-state index in [1.165, 1.54) is 11.3 Å². The summed E-state index contributed by atoms with van der Waals surface area (Å²) in [5.74, 6) is 0.605. The first-order chi connectivity index (χ1) is 7.74. The van der Waals surface area contributed by atoms with Crippen LogP contribution in [0.4, 0.5) is 0 Å². The molecule has 16 heavy (non-hydrogen) atoms. The maximum absolute atomic E-state index is 4.17. The van der Waals surface area contributed by atoms with Gasteiger partial charge in [0, 0.05) is 18.3 Å². The molecule has 0 aromatic heterocycles. The van der Waals surface area contributed by atoms with Crippen molar-refractivity contribution in [1.82, 2.24) is 0 Å². The number of nitrogens with zero attached hydrogens (tertiary/aromatic N) is 1. The first kappa shape index (κ1) is 12.7. The van der Waals surface area contributed by atoms with Gasteiger partial charge in [0.1, 0.15) is 0 Å². The Balaban J connectivity index is 0.000000160. The lowest BCUT2D eigenvalue weighted by atomic mass is 10.1. The normalized spacial score (nSPS) is 13.4. The van der Waals surface area contributed by atoms with Gasteiger partial charge in [-0.25, -0.2) is 0 Å². The molecule has 0 atom stereocenters. The van der Waals surface area contributed by atoms with Gasteiger partial charge in [0.05, 0.1) is 0 Å². The van der Waals surface area contributed by atoms with Crippen molar-refractivity contribution in [1.29, 1.82) is 0 Å². The molecule has 1 heteroatoms. The van der Waals surface area contributed by atoms with E-state index in [-0.39, 0.29) is 0 Å². The fraction of sp³-hybridized carbons (Fsp3) is 0.400. The van der Waals surface area contributed by atoms with Crippen molar-refractivity contribution < 1.29 is 0 Å². The van der Waals surface area contributed by atoms with Crippen LogP contribution in [0.5, 0.6) is 0 Å². The molecule has 1 heterocycles. The fourth-order valence-electron chi connectivity index (χ4n) is 1.48. The summed E-state index contributed by atoms with van der Waals surface area (Å²) in [4.78, 5) is 4.17. The van der Waals surface area contributed by atoms with Crippen LogP contribution in [0.1, 0.15) is 32.8 Å². The Morgan fingerprint density at radius 1 is 1.19 bits per heavy atom. The van der Waals surface area contributed by atoms with Crippen LogP contribution in [0.3, 0.4) is 0 Å². The van der Waals surface area contributed by atoms with Gasteiger partial charge in [-0.1, -0.05) is 57.2 Å². The molecule has 0 N–H and O–H groups in total. The SMILES string of the molecule is CC(C)C1=CCC=N1.CCc1ccccc1. The Kier molecular flexibility index (Phi) is 5.55. The minimum atomic E-state index is 0.605. The van der Waals surface area contributed by atoms with Crippen LogP contribution in [-0.4, -0.2) is 6.21 Å². The van der Waals surface area contributed by atoms with Crippen LogP contribution in [0.25, 0.3) is 0 Å². The monoisotopic (exact) mass is 215 g/mol. The van der Waals surface area contributed by atoms with E-state index >= 15 is 0 Å². The minimum absolute atomic E-state index is 0.605. The summed E-state index contributed by atoms with van der Waals surface area (Å²) < 4.78 is 0. The summed E-state index contributed by atoms with van der Waals surface area (Å²) in [5, 5.41) is 0. The van der Waals surface area contributed by atoms with E-state index in [4.69, 9.17) is 0 Å². The highest BCUT2D eigenvalue weighted by Gasteiger charge is 2.01. The van der Waals surface area contributed by atoms with Gasteiger partial charge in [-0.15, -0.1) is 0 Å². The lowest BCUT2D eigenvalue weighted by molar-refractivity contribution is 0.761. The molecule has 0 bridgehead atoms. The van der Waals surface area contributed by atoms with Crippen molar-refractivity contribution >= 4 is 6.21 Å². The third-order valence-corrected chi connectivity index (χ3v) is 2.52. The molecule has 0 spiro atoms. The van der Waals surface area contributed by atoms with Crippen molar-refractivity contribution in [2.75, 3.05) is 0 Å². The van der Waals surface area contributed by atoms with Crippen LogP contribution in [0, 0.1) is 5.92 Å². The molecular weight excluding hydrogens is 194 g/mol. The van der Waals surface area contributed by atoms with Crippen molar-refractivity contribution in [3.05, 3.63) is 47.7 Å².